The molecule has 1 spiro atoms. The fraction of sp³-hybridized carbons (Fsp3) is 0.393. The second kappa shape index (κ2) is 8.78. The first-order valence-corrected chi connectivity index (χ1v) is 13.3. The van der Waals surface area contributed by atoms with E-state index in [1.807, 2.05) is 66.8 Å². The van der Waals surface area contributed by atoms with Gasteiger partial charge in [0.1, 0.15) is 6.04 Å². The number of thioether (sulfide) groups is 1. The molecule has 4 heterocycles. The van der Waals surface area contributed by atoms with E-state index in [1.54, 1.807) is 33.5 Å². The number of benzene rings is 2. The predicted molar refractivity (Wildman–Crippen MR) is 141 cm³/mol. The first kappa shape index (κ1) is 23.3. The van der Waals surface area contributed by atoms with Crippen LogP contribution in [0.15, 0.2) is 66.8 Å². The van der Waals surface area contributed by atoms with Gasteiger partial charge < -0.3 is 19.8 Å². The molecule has 2 aromatic carbocycles. The molecule has 186 valence electrons. The molecule has 0 bridgehead atoms. The molecule has 0 saturated carbocycles. The zero-order valence-corrected chi connectivity index (χ0v) is 20.9. The molecule has 2 saturated heterocycles. The van der Waals surface area contributed by atoms with Crippen LogP contribution in [0.1, 0.15) is 6.42 Å². The Kier molecular flexibility index (Phi) is 5.68. The summed E-state index contributed by atoms with van der Waals surface area (Å²) < 4.78 is -0.831. The van der Waals surface area contributed by atoms with Crippen LogP contribution in [0.25, 0.3) is 10.8 Å². The van der Waals surface area contributed by atoms with Gasteiger partial charge in [-0.15, -0.1) is 11.8 Å². The number of anilines is 1. The summed E-state index contributed by atoms with van der Waals surface area (Å²) in [6, 6.07) is 13.3. The van der Waals surface area contributed by atoms with E-state index in [2.05, 4.69) is 0 Å². The van der Waals surface area contributed by atoms with Crippen molar-refractivity contribution in [2.75, 3.05) is 38.2 Å². The highest BCUT2D eigenvalue weighted by molar-refractivity contribution is 8.02. The number of rotatable bonds is 4. The Morgan fingerprint density at radius 3 is 2.61 bits per heavy atom. The van der Waals surface area contributed by atoms with Crippen molar-refractivity contribution in [3.63, 3.8) is 0 Å². The summed E-state index contributed by atoms with van der Waals surface area (Å²) >= 11 is 1.58. The summed E-state index contributed by atoms with van der Waals surface area (Å²) in [5, 5.41) is 11.5. The van der Waals surface area contributed by atoms with Crippen LogP contribution in [0.2, 0.25) is 0 Å². The summed E-state index contributed by atoms with van der Waals surface area (Å²) in [6.45, 7) is 1.11. The van der Waals surface area contributed by atoms with Crippen molar-refractivity contribution >= 4 is 45.9 Å². The van der Waals surface area contributed by atoms with Crippen LogP contribution in [0.4, 0.5) is 5.69 Å². The summed E-state index contributed by atoms with van der Waals surface area (Å²) in [4.78, 5) is 46.8. The number of amides is 3. The number of likely N-dealkylation sites (tertiary alicyclic amines) is 1. The molecule has 6 rings (SSSR count). The summed E-state index contributed by atoms with van der Waals surface area (Å²) in [5.74, 6) is -1.49. The van der Waals surface area contributed by atoms with E-state index in [0.29, 0.717) is 19.5 Å². The van der Waals surface area contributed by atoms with E-state index in [4.69, 9.17) is 0 Å². The maximum atomic E-state index is 14.3. The van der Waals surface area contributed by atoms with Crippen LogP contribution in [-0.4, -0.2) is 82.0 Å². The van der Waals surface area contributed by atoms with Gasteiger partial charge in [-0.05, 0) is 29.3 Å². The number of nitrogens with zero attached hydrogens (tertiary/aromatic N) is 3. The van der Waals surface area contributed by atoms with E-state index in [-0.39, 0.29) is 36.1 Å². The fourth-order valence-electron chi connectivity index (χ4n) is 6.32. The predicted octanol–water partition coefficient (Wildman–Crippen LogP) is 2.45. The molecule has 5 atom stereocenters. The van der Waals surface area contributed by atoms with Crippen LogP contribution < -0.4 is 4.90 Å². The molecular weight excluding hydrogens is 474 g/mol. The van der Waals surface area contributed by atoms with Crippen molar-refractivity contribution in [3.8, 4) is 0 Å². The molecule has 2 aromatic rings. The molecule has 1 unspecified atom stereocenters. The first-order valence-electron chi connectivity index (χ1n) is 12.4. The second-order valence-electron chi connectivity index (χ2n) is 9.98. The van der Waals surface area contributed by atoms with Crippen LogP contribution in [0.5, 0.6) is 0 Å². The van der Waals surface area contributed by atoms with Gasteiger partial charge in [-0.25, -0.2) is 0 Å². The Hall–Kier alpha value is -3.10. The Morgan fingerprint density at radius 1 is 1.00 bits per heavy atom. The number of aliphatic hydroxyl groups is 1. The van der Waals surface area contributed by atoms with Crippen LogP contribution in [0, 0.1) is 11.8 Å². The SMILES string of the molecule is CN1CC=C[C@@H]2S[C@]34C=CCN(c5ccc6ccccc6c5)C(=O)C3N(CCCO)C(=O)[C@@H]4[C@@H]2C1=O. The Bertz CT molecular complexity index is 1310. The number of carbonyl (C=O) groups excluding carboxylic acids is 3. The second-order valence-corrected chi connectivity index (χ2v) is 11.5. The summed E-state index contributed by atoms with van der Waals surface area (Å²) in [5.41, 5.74) is 0.784. The van der Waals surface area contributed by atoms with Gasteiger partial charge in [0.15, 0.2) is 0 Å². The molecule has 7 nitrogen and oxygen atoms in total. The maximum absolute atomic E-state index is 14.3. The lowest BCUT2D eigenvalue weighted by atomic mass is 9.78. The number of aliphatic hydroxyl groups excluding tert-OH is 1. The zero-order chi connectivity index (χ0) is 25.0. The van der Waals surface area contributed by atoms with Crippen molar-refractivity contribution in [1.29, 1.82) is 0 Å². The van der Waals surface area contributed by atoms with Gasteiger partial charge in [-0.2, -0.15) is 0 Å². The lowest BCUT2D eigenvalue weighted by Gasteiger charge is -2.35. The normalized spacial score (nSPS) is 31.5. The van der Waals surface area contributed by atoms with E-state index in [9.17, 15) is 19.5 Å². The van der Waals surface area contributed by atoms with Gasteiger partial charge in [0.05, 0.1) is 16.6 Å². The van der Waals surface area contributed by atoms with E-state index < -0.39 is 22.6 Å². The largest absolute Gasteiger partial charge is 0.396 e. The van der Waals surface area contributed by atoms with Crippen molar-refractivity contribution in [1.82, 2.24) is 9.80 Å². The Morgan fingerprint density at radius 2 is 1.81 bits per heavy atom. The van der Waals surface area contributed by atoms with Crippen LogP contribution >= 0.6 is 11.8 Å². The molecule has 4 aliphatic rings. The smallest absolute Gasteiger partial charge is 0.251 e. The highest BCUT2D eigenvalue weighted by Gasteiger charge is 2.70. The topological polar surface area (TPSA) is 81.2 Å². The minimum absolute atomic E-state index is 0.0491. The summed E-state index contributed by atoms with van der Waals surface area (Å²) in [7, 11) is 1.76. The molecule has 36 heavy (non-hydrogen) atoms. The average molecular weight is 504 g/mol. The maximum Gasteiger partial charge on any atom is 0.251 e. The standard InChI is InChI=1S/C28H29N3O4S/c1-29-13-4-9-21-22(25(29)33)23-26(34)31(15-6-16-32)24-27(35)30(14-5-12-28(23,24)36-21)20-11-10-18-7-2-3-8-19(18)17-20/h2-5,7-12,17,21-24,32H,6,13-16H2,1H3/t21-,22+,23-,24?,28-/m0/s1. The zero-order valence-electron chi connectivity index (χ0n) is 20.1. The third kappa shape index (κ3) is 3.34. The van der Waals surface area contributed by atoms with Gasteiger partial charge in [-0.1, -0.05) is 54.6 Å². The minimum atomic E-state index is -0.831. The number of fused-ring (bicyclic) bond motifs is 3. The molecular formula is C28H29N3O4S. The highest BCUT2D eigenvalue weighted by Crippen LogP contribution is 2.61. The molecule has 1 N–H and O–H groups in total. The molecule has 8 heteroatoms. The third-order valence-corrected chi connectivity index (χ3v) is 9.71. The van der Waals surface area contributed by atoms with Crippen LogP contribution in [-0.2, 0) is 14.4 Å². The number of carbonyl (C=O) groups is 3. The van der Waals surface area contributed by atoms with Crippen LogP contribution in [0.3, 0.4) is 0 Å². The first-order chi connectivity index (χ1) is 17.5. The fourth-order valence-corrected chi connectivity index (χ4v) is 8.33. The van der Waals surface area contributed by atoms with Gasteiger partial charge in [-0.3, -0.25) is 14.4 Å². The highest BCUT2D eigenvalue weighted by atomic mass is 32.2. The van der Waals surface area contributed by atoms with Crippen molar-refractivity contribution < 1.29 is 19.5 Å². The Balaban J connectivity index is 1.45. The monoisotopic (exact) mass is 503 g/mol. The molecule has 4 aliphatic heterocycles. The molecule has 0 aromatic heterocycles. The van der Waals surface area contributed by atoms with E-state index in [1.165, 1.54) is 0 Å². The quantitative estimate of drug-likeness (QED) is 0.649. The van der Waals surface area contributed by atoms with Gasteiger partial charge in [0.25, 0.3) is 5.91 Å². The molecule has 2 fully saturated rings. The molecule has 0 radical (unpaired) electrons. The molecule has 3 amide bonds. The van der Waals surface area contributed by atoms with Gasteiger partial charge in [0.2, 0.25) is 11.8 Å². The van der Waals surface area contributed by atoms with Crippen molar-refractivity contribution in [2.24, 2.45) is 11.8 Å². The third-order valence-electron chi connectivity index (χ3n) is 7.96. The Labute approximate surface area is 214 Å². The lowest BCUT2D eigenvalue weighted by Crippen LogP contribution is -2.53. The van der Waals surface area contributed by atoms with Gasteiger partial charge in [0, 0.05) is 44.2 Å². The number of hydrogen-bond donors (Lipinski definition) is 1. The summed E-state index contributed by atoms with van der Waals surface area (Å²) in [6.07, 6.45) is 8.42. The number of hydrogen-bond acceptors (Lipinski definition) is 5. The lowest BCUT2D eigenvalue weighted by molar-refractivity contribution is -0.142. The molecule has 0 aliphatic carbocycles. The minimum Gasteiger partial charge on any atom is -0.396 e. The van der Waals surface area contributed by atoms with E-state index in [0.717, 1.165) is 16.5 Å². The average Bonchev–Trinajstić information content (AvgIpc) is 3.20. The van der Waals surface area contributed by atoms with E-state index >= 15 is 0 Å². The van der Waals surface area contributed by atoms with Crippen molar-refractivity contribution in [3.05, 3.63) is 66.8 Å². The van der Waals surface area contributed by atoms with Gasteiger partial charge >= 0.3 is 0 Å². The van der Waals surface area contributed by atoms with Crippen molar-refractivity contribution in [2.45, 2.75) is 22.5 Å². The number of likely N-dealkylation sites (N-methyl/N-ethyl adjacent to an activating group) is 1.